The molecule has 0 fully saturated rings. The lowest BCUT2D eigenvalue weighted by Gasteiger charge is -2.13. The predicted molar refractivity (Wildman–Crippen MR) is 113 cm³/mol. The second-order valence-corrected chi connectivity index (χ2v) is 6.16. The van der Waals surface area contributed by atoms with Crippen LogP contribution >= 0.6 is 0 Å². The van der Waals surface area contributed by atoms with E-state index in [1.165, 1.54) is 0 Å². The Morgan fingerprint density at radius 3 is 2.39 bits per heavy atom. The fraction of sp³-hybridized carbons (Fsp3) is 0.421. The first-order chi connectivity index (χ1) is 13.5. The number of hydrogen-bond acceptors (Lipinski definition) is 9. The molecule has 7 N–H and O–H groups in total. The van der Waals surface area contributed by atoms with Gasteiger partial charge in [-0.25, -0.2) is 4.98 Å². The molecule has 152 valence electrons. The van der Waals surface area contributed by atoms with Crippen LogP contribution in [-0.4, -0.2) is 36.9 Å². The summed E-state index contributed by atoms with van der Waals surface area (Å²) in [7, 11) is 3.19. The maximum Gasteiger partial charge on any atom is 0.222 e. The number of nitrogens with one attached hydrogen (secondary N) is 1. The quantitative estimate of drug-likeness (QED) is 0.357. The minimum atomic E-state index is 0.136. The summed E-state index contributed by atoms with van der Waals surface area (Å²) in [4.78, 5) is 12.8. The Morgan fingerprint density at radius 2 is 1.82 bits per heavy atom. The Hall–Kier alpha value is -3.07. The first-order valence-corrected chi connectivity index (χ1v) is 9.14. The van der Waals surface area contributed by atoms with Crippen molar-refractivity contribution in [1.29, 1.82) is 0 Å². The van der Waals surface area contributed by atoms with Crippen molar-refractivity contribution in [1.82, 2.24) is 9.97 Å². The molecule has 0 spiro atoms. The SMILES string of the molecule is CCCCNc1nc(N)nc(C=NCc2c(OC)cc(CN)cc2OC)c1N. The third-order valence-corrected chi connectivity index (χ3v) is 4.18. The van der Waals surface area contributed by atoms with E-state index in [4.69, 9.17) is 26.7 Å². The molecule has 0 saturated carbocycles. The average Bonchev–Trinajstić information content (AvgIpc) is 2.70. The summed E-state index contributed by atoms with van der Waals surface area (Å²) in [5.74, 6) is 1.98. The Kier molecular flexibility index (Phi) is 7.82. The van der Waals surface area contributed by atoms with Gasteiger partial charge in [0.05, 0.1) is 26.3 Å². The van der Waals surface area contributed by atoms with Crippen molar-refractivity contribution in [3.63, 3.8) is 0 Å². The number of rotatable bonds is 10. The van der Waals surface area contributed by atoms with E-state index in [2.05, 4.69) is 27.2 Å². The molecular formula is C19H29N7O2. The molecule has 0 amide bonds. The van der Waals surface area contributed by atoms with E-state index in [1.807, 2.05) is 12.1 Å². The van der Waals surface area contributed by atoms with Crippen molar-refractivity contribution in [2.24, 2.45) is 10.7 Å². The molecule has 28 heavy (non-hydrogen) atoms. The molecule has 0 atom stereocenters. The number of hydrogen-bond donors (Lipinski definition) is 4. The number of nitrogens with zero attached hydrogens (tertiary/aromatic N) is 3. The van der Waals surface area contributed by atoms with Gasteiger partial charge in [-0.15, -0.1) is 0 Å². The number of aromatic nitrogens is 2. The van der Waals surface area contributed by atoms with Crippen LogP contribution in [0.3, 0.4) is 0 Å². The summed E-state index contributed by atoms with van der Waals surface area (Å²) < 4.78 is 10.9. The van der Waals surface area contributed by atoms with E-state index < -0.39 is 0 Å². The third kappa shape index (κ3) is 5.23. The number of nitrogens with two attached hydrogens (primary N) is 3. The van der Waals surface area contributed by atoms with Gasteiger partial charge >= 0.3 is 0 Å². The molecule has 0 saturated heterocycles. The van der Waals surface area contributed by atoms with E-state index in [0.717, 1.165) is 30.5 Å². The van der Waals surface area contributed by atoms with Crippen LogP contribution in [0.15, 0.2) is 17.1 Å². The number of ether oxygens (including phenoxy) is 2. The van der Waals surface area contributed by atoms with Crippen molar-refractivity contribution < 1.29 is 9.47 Å². The van der Waals surface area contributed by atoms with Crippen LogP contribution in [0, 0.1) is 0 Å². The fourth-order valence-corrected chi connectivity index (χ4v) is 2.66. The number of methoxy groups -OCH3 is 2. The van der Waals surface area contributed by atoms with Crippen LogP contribution in [0.5, 0.6) is 11.5 Å². The summed E-state index contributed by atoms with van der Waals surface area (Å²) in [5.41, 5.74) is 20.3. The second kappa shape index (κ2) is 10.3. The maximum atomic E-state index is 6.17. The number of aliphatic imine (C=N–C) groups is 1. The van der Waals surface area contributed by atoms with Gasteiger partial charge in [0.25, 0.3) is 0 Å². The van der Waals surface area contributed by atoms with Gasteiger partial charge in [0.15, 0.2) is 5.82 Å². The maximum absolute atomic E-state index is 6.17. The highest BCUT2D eigenvalue weighted by atomic mass is 16.5. The monoisotopic (exact) mass is 387 g/mol. The van der Waals surface area contributed by atoms with Gasteiger partial charge in [0, 0.05) is 19.3 Å². The van der Waals surface area contributed by atoms with Gasteiger partial charge in [-0.2, -0.15) is 4.98 Å². The molecular weight excluding hydrogens is 358 g/mol. The van der Waals surface area contributed by atoms with Gasteiger partial charge in [0.2, 0.25) is 5.95 Å². The molecule has 1 heterocycles. The van der Waals surface area contributed by atoms with Crippen molar-refractivity contribution >= 4 is 23.7 Å². The van der Waals surface area contributed by atoms with E-state index in [1.54, 1.807) is 20.4 Å². The standard InChI is InChI=1S/C19H29N7O2/c1-4-5-6-24-18-17(21)14(25-19(22)26-18)11-23-10-13-15(27-2)7-12(9-20)8-16(13)28-3/h7-8,11H,4-6,9-10,20-21H2,1-3H3,(H3,22,24,25,26). The topological polar surface area (TPSA) is 147 Å². The smallest absolute Gasteiger partial charge is 0.222 e. The minimum absolute atomic E-state index is 0.136. The molecule has 9 nitrogen and oxygen atoms in total. The first-order valence-electron chi connectivity index (χ1n) is 9.14. The van der Waals surface area contributed by atoms with Gasteiger partial charge in [0.1, 0.15) is 22.9 Å². The van der Waals surface area contributed by atoms with Gasteiger partial charge in [-0.05, 0) is 24.1 Å². The zero-order valence-corrected chi connectivity index (χ0v) is 16.7. The van der Waals surface area contributed by atoms with Crippen LogP contribution in [0.25, 0.3) is 0 Å². The molecule has 2 rings (SSSR count). The van der Waals surface area contributed by atoms with Crippen LogP contribution in [0.4, 0.5) is 17.5 Å². The number of unbranched alkanes of at least 4 members (excludes halogenated alkanes) is 1. The van der Waals surface area contributed by atoms with E-state index in [9.17, 15) is 0 Å². The Bertz CT molecular complexity index is 799. The van der Waals surface area contributed by atoms with E-state index in [0.29, 0.717) is 41.8 Å². The Balaban J connectivity index is 2.25. The first kappa shape index (κ1) is 21.2. The highest BCUT2D eigenvalue weighted by molar-refractivity contribution is 5.88. The van der Waals surface area contributed by atoms with Crippen molar-refractivity contribution in [3.8, 4) is 11.5 Å². The molecule has 0 unspecified atom stereocenters. The number of nitrogen functional groups attached to an aromatic ring is 2. The zero-order valence-electron chi connectivity index (χ0n) is 16.7. The lowest BCUT2D eigenvalue weighted by molar-refractivity contribution is 0.385. The van der Waals surface area contributed by atoms with Gasteiger partial charge in [-0.3, -0.25) is 4.99 Å². The van der Waals surface area contributed by atoms with Crippen molar-refractivity contribution in [2.75, 3.05) is 37.5 Å². The third-order valence-electron chi connectivity index (χ3n) is 4.18. The van der Waals surface area contributed by atoms with Gasteiger partial charge < -0.3 is 32.0 Å². The largest absolute Gasteiger partial charge is 0.496 e. The molecule has 0 aliphatic rings. The minimum Gasteiger partial charge on any atom is -0.496 e. The molecule has 0 aliphatic carbocycles. The summed E-state index contributed by atoms with van der Waals surface area (Å²) in [6.45, 7) is 3.58. The van der Waals surface area contributed by atoms with Gasteiger partial charge in [-0.1, -0.05) is 13.3 Å². The molecule has 1 aromatic carbocycles. The lowest BCUT2D eigenvalue weighted by atomic mass is 10.1. The molecule has 0 aliphatic heterocycles. The highest BCUT2D eigenvalue weighted by Gasteiger charge is 2.12. The summed E-state index contributed by atoms with van der Waals surface area (Å²) >= 11 is 0. The van der Waals surface area contributed by atoms with Crippen LogP contribution in [0.1, 0.15) is 36.6 Å². The van der Waals surface area contributed by atoms with Crippen LogP contribution in [-0.2, 0) is 13.1 Å². The summed E-state index contributed by atoms with van der Waals surface area (Å²) in [5, 5.41) is 3.18. The predicted octanol–water partition coefficient (Wildman–Crippen LogP) is 1.95. The van der Waals surface area contributed by atoms with Crippen LogP contribution in [0.2, 0.25) is 0 Å². The average molecular weight is 387 g/mol. The second-order valence-electron chi connectivity index (χ2n) is 6.16. The highest BCUT2D eigenvalue weighted by Crippen LogP contribution is 2.31. The zero-order chi connectivity index (χ0) is 20.5. The van der Waals surface area contributed by atoms with E-state index in [-0.39, 0.29) is 5.95 Å². The lowest BCUT2D eigenvalue weighted by Crippen LogP contribution is -2.11. The molecule has 9 heteroatoms. The fourth-order valence-electron chi connectivity index (χ4n) is 2.66. The van der Waals surface area contributed by atoms with Crippen molar-refractivity contribution in [3.05, 3.63) is 29.0 Å². The molecule has 1 aromatic heterocycles. The number of benzene rings is 1. The normalized spacial score (nSPS) is 11.0. The molecule has 2 aromatic rings. The number of anilines is 3. The van der Waals surface area contributed by atoms with Crippen molar-refractivity contribution in [2.45, 2.75) is 32.9 Å². The van der Waals surface area contributed by atoms with E-state index >= 15 is 0 Å². The Morgan fingerprint density at radius 1 is 1.14 bits per heavy atom. The molecule has 0 bridgehead atoms. The summed E-state index contributed by atoms with van der Waals surface area (Å²) in [6, 6.07) is 3.75. The summed E-state index contributed by atoms with van der Waals surface area (Å²) in [6.07, 6.45) is 3.65. The molecule has 0 radical (unpaired) electrons. The Labute approximate surface area is 165 Å². The van der Waals surface area contributed by atoms with Crippen LogP contribution < -0.4 is 32.0 Å².